The molecular formula is C10H17BO2. The Kier molecular flexibility index (Phi) is 1.37. The first-order valence-corrected chi connectivity index (χ1v) is 5.30. The van der Waals surface area contributed by atoms with Gasteiger partial charge in [-0.1, -0.05) is 13.8 Å². The fourth-order valence-electron chi connectivity index (χ4n) is 3.78. The Hall–Kier alpha value is -0.0151. The number of rotatable bonds is 0. The van der Waals surface area contributed by atoms with Gasteiger partial charge >= 0.3 is 7.69 Å². The lowest BCUT2D eigenvalue weighted by atomic mass is 9.43. The van der Waals surface area contributed by atoms with Crippen LogP contribution in [-0.2, 0) is 9.31 Å². The van der Waals surface area contributed by atoms with Crippen LogP contribution in [0, 0.1) is 17.3 Å². The molecule has 2 bridgehead atoms. The molecule has 4 rings (SSSR count). The van der Waals surface area contributed by atoms with E-state index < -0.39 is 0 Å². The van der Waals surface area contributed by atoms with Crippen LogP contribution in [0.15, 0.2) is 0 Å². The smallest absolute Gasteiger partial charge is 0.408 e. The summed E-state index contributed by atoms with van der Waals surface area (Å²) < 4.78 is 11.4. The Bertz CT molecular complexity index is 253. The second-order valence-electron chi connectivity index (χ2n) is 5.64. The summed E-state index contributed by atoms with van der Waals surface area (Å²) in [6.45, 7) is 7.01. The van der Waals surface area contributed by atoms with Gasteiger partial charge in [-0.25, -0.2) is 0 Å². The van der Waals surface area contributed by atoms with E-state index in [2.05, 4.69) is 20.8 Å². The SMILES string of the molecule is CC1(C)[C@@H]2CC3OBO[C@@]3(C)[C@H]1C2. The summed E-state index contributed by atoms with van der Waals surface area (Å²) in [5.74, 6) is 1.59. The lowest BCUT2D eigenvalue weighted by Gasteiger charge is -2.64. The first kappa shape index (κ1) is 8.31. The molecule has 3 heteroatoms. The zero-order valence-corrected chi connectivity index (χ0v) is 8.67. The first-order chi connectivity index (χ1) is 6.05. The minimum atomic E-state index is 0.0260. The fourth-order valence-corrected chi connectivity index (χ4v) is 3.78. The molecule has 0 radical (unpaired) electrons. The average Bonchev–Trinajstić information content (AvgIpc) is 2.44. The monoisotopic (exact) mass is 180 g/mol. The molecule has 72 valence electrons. The van der Waals surface area contributed by atoms with Gasteiger partial charge in [-0.2, -0.15) is 0 Å². The van der Waals surface area contributed by atoms with Gasteiger partial charge in [0.15, 0.2) is 0 Å². The Morgan fingerprint density at radius 1 is 1.23 bits per heavy atom. The molecule has 2 nitrogen and oxygen atoms in total. The van der Waals surface area contributed by atoms with Crippen molar-refractivity contribution in [2.75, 3.05) is 0 Å². The quantitative estimate of drug-likeness (QED) is 0.526. The third kappa shape index (κ3) is 0.786. The van der Waals surface area contributed by atoms with E-state index in [1.165, 1.54) is 12.8 Å². The van der Waals surface area contributed by atoms with Gasteiger partial charge in [-0.15, -0.1) is 0 Å². The lowest BCUT2D eigenvalue weighted by Crippen LogP contribution is -2.65. The highest BCUT2D eigenvalue weighted by atomic mass is 16.6. The third-order valence-electron chi connectivity index (χ3n) is 4.94. The minimum Gasteiger partial charge on any atom is -0.408 e. The van der Waals surface area contributed by atoms with E-state index in [9.17, 15) is 0 Å². The molecule has 0 spiro atoms. The van der Waals surface area contributed by atoms with Crippen LogP contribution in [0.2, 0.25) is 0 Å². The lowest BCUT2D eigenvalue weighted by molar-refractivity contribution is -0.199. The van der Waals surface area contributed by atoms with Crippen molar-refractivity contribution >= 4 is 7.69 Å². The second kappa shape index (κ2) is 2.14. The largest absolute Gasteiger partial charge is 0.438 e. The zero-order chi connectivity index (χ0) is 9.27. The topological polar surface area (TPSA) is 18.5 Å². The van der Waals surface area contributed by atoms with E-state index in [0.717, 1.165) is 5.92 Å². The molecule has 0 aromatic rings. The van der Waals surface area contributed by atoms with Crippen molar-refractivity contribution < 1.29 is 9.31 Å². The number of hydrogen-bond donors (Lipinski definition) is 0. The summed E-state index contributed by atoms with van der Waals surface area (Å²) in [5.41, 5.74) is 0.511. The molecular weight excluding hydrogens is 163 g/mol. The molecule has 0 amide bonds. The normalized spacial score (nSPS) is 56.4. The van der Waals surface area contributed by atoms with Crippen LogP contribution in [-0.4, -0.2) is 19.4 Å². The summed E-state index contributed by atoms with van der Waals surface area (Å²) in [6, 6.07) is 0. The molecule has 3 saturated carbocycles. The highest BCUT2D eigenvalue weighted by Crippen LogP contribution is 2.65. The summed E-state index contributed by atoms with van der Waals surface area (Å²) in [5, 5.41) is 0. The van der Waals surface area contributed by atoms with Crippen LogP contribution >= 0.6 is 0 Å². The van der Waals surface area contributed by atoms with Crippen molar-refractivity contribution in [2.24, 2.45) is 17.3 Å². The second-order valence-corrected chi connectivity index (χ2v) is 5.64. The molecule has 4 fully saturated rings. The molecule has 1 unspecified atom stereocenters. The third-order valence-corrected chi connectivity index (χ3v) is 4.94. The molecule has 13 heavy (non-hydrogen) atoms. The Balaban J connectivity index is 1.97. The molecule has 0 aromatic carbocycles. The van der Waals surface area contributed by atoms with Gasteiger partial charge in [0, 0.05) is 0 Å². The van der Waals surface area contributed by atoms with Gasteiger partial charge < -0.3 is 9.31 Å². The summed E-state index contributed by atoms with van der Waals surface area (Å²) in [6.07, 6.45) is 2.94. The molecule has 1 saturated heterocycles. The van der Waals surface area contributed by atoms with E-state index in [-0.39, 0.29) is 5.60 Å². The summed E-state index contributed by atoms with van der Waals surface area (Å²) in [7, 11) is 0.514. The predicted molar refractivity (Wildman–Crippen MR) is 51.5 cm³/mol. The average molecular weight is 180 g/mol. The van der Waals surface area contributed by atoms with E-state index in [1.54, 1.807) is 0 Å². The Labute approximate surface area is 80.3 Å². The van der Waals surface area contributed by atoms with Crippen molar-refractivity contribution in [2.45, 2.75) is 45.3 Å². The minimum absolute atomic E-state index is 0.0260. The van der Waals surface area contributed by atoms with E-state index in [4.69, 9.17) is 9.31 Å². The fraction of sp³-hybridized carbons (Fsp3) is 1.00. The van der Waals surface area contributed by atoms with Crippen molar-refractivity contribution in [1.29, 1.82) is 0 Å². The van der Waals surface area contributed by atoms with Crippen molar-refractivity contribution in [1.82, 2.24) is 0 Å². The van der Waals surface area contributed by atoms with Crippen molar-refractivity contribution in [3.63, 3.8) is 0 Å². The van der Waals surface area contributed by atoms with Crippen LogP contribution < -0.4 is 0 Å². The molecule has 1 aliphatic heterocycles. The Morgan fingerprint density at radius 3 is 2.69 bits per heavy atom. The molecule has 3 aliphatic carbocycles. The van der Waals surface area contributed by atoms with Crippen molar-refractivity contribution in [3.05, 3.63) is 0 Å². The van der Waals surface area contributed by atoms with Gasteiger partial charge in [0.05, 0.1) is 11.7 Å². The molecule has 4 atom stereocenters. The number of hydrogen-bond acceptors (Lipinski definition) is 2. The van der Waals surface area contributed by atoms with E-state index in [1.807, 2.05) is 0 Å². The van der Waals surface area contributed by atoms with Crippen LogP contribution in [0.4, 0.5) is 0 Å². The van der Waals surface area contributed by atoms with Gasteiger partial charge in [0.2, 0.25) is 0 Å². The van der Waals surface area contributed by atoms with E-state index in [0.29, 0.717) is 25.1 Å². The van der Waals surface area contributed by atoms with Gasteiger partial charge in [0.25, 0.3) is 0 Å². The van der Waals surface area contributed by atoms with Crippen LogP contribution in [0.3, 0.4) is 0 Å². The van der Waals surface area contributed by atoms with Crippen LogP contribution in [0.5, 0.6) is 0 Å². The maximum Gasteiger partial charge on any atom is 0.438 e. The maximum absolute atomic E-state index is 5.81. The molecule has 4 aliphatic rings. The highest BCUT2D eigenvalue weighted by Gasteiger charge is 2.65. The van der Waals surface area contributed by atoms with Gasteiger partial charge in [0.1, 0.15) is 0 Å². The first-order valence-electron chi connectivity index (χ1n) is 5.30. The predicted octanol–water partition coefficient (Wildman–Crippen LogP) is 1.49. The molecule has 0 aromatic heterocycles. The highest BCUT2D eigenvalue weighted by molar-refractivity contribution is 6.19. The van der Waals surface area contributed by atoms with Gasteiger partial charge in [-0.05, 0) is 37.0 Å². The van der Waals surface area contributed by atoms with Crippen LogP contribution in [0.25, 0.3) is 0 Å². The molecule has 0 N–H and O–H groups in total. The van der Waals surface area contributed by atoms with Crippen molar-refractivity contribution in [3.8, 4) is 0 Å². The Morgan fingerprint density at radius 2 is 2.00 bits per heavy atom. The summed E-state index contributed by atoms with van der Waals surface area (Å²) in [4.78, 5) is 0. The standard InChI is InChI=1S/C10H17BO2/c1-9(2)6-4-7(9)10(3)8(5-6)12-11-13-10/h6-8,11H,4-5H2,1-3H3/t6-,7-,8?,10-/m0/s1. The van der Waals surface area contributed by atoms with Gasteiger partial charge in [-0.3, -0.25) is 0 Å². The van der Waals surface area contributed by atoms with Crippen LogP contribution in [0.1, 0.15) is 33.6 Å². The maximum atomic E-state index is 5.81. The summed E-state index contributed by atoms with van der Waals surface area (Å²) >= 11 is 0. The molecule has 1 heterocycles. The van der Waals surface area contributed by atoms with E-state index >= 15 is 0 Å². The zero-order valence-electron chi connectivity index (χ0n) is 8.67.